The number of rotatable bonds is 4. The number of ketones is 1. The van der Waals surface area contributed by atoms with E-state index in [1.165, 1.54) is 32.0 Å². The first kappa shape index (κ1) is 16.6. The molecule has 1 atom stereocenters. The molecule has 6 heteroatoms. The van der Waals surface area contributed by atoms with Gasteiger partial charge >= 0.3 is 0 Å². The molecular weight excluding hydrogens is 294 g/mol. The van der Waals surface area contributed by atoms with Crippen LogP contribution in [0.1, 0.15) is 18.5 Å². The summed E-state index contributed by atoms with van der Waals surface area (Å²) < 4.78 is 0.965. The first-order valence-electron chi connectivity index (χ1n) is 7.20. The van der Waals surface area contributed by atoms with Gasteiger partial charge in [-0.2, -0.15) is 5.10 Å². The van der Waals surface area contributed by atoms with E-state index in [2.05, 4.69) is 5.10 Å². The van der Waals surface area contributed by atoms with Crippen LogP contribution in [0.25, 0.3) is 11.3 Å². The molecular formula is C17H19N3O3. The molecule has 1 aromatic carbocycles. The molecule has 0 saturated heterocycles. The van der Waals surface area contributed by atoms with E-state index in [0.29, 0.717) is 5.69 Å². The lowest BCUT2D eigenvalue weighted by Gasteiger charge is -2.20. The molecule has 1 unspecified atom stereocenters. The number of carbonyl (C=O) groups is 2. The number of likely N-dealkylation sites (N-methyl/N-ethyl adjacent to an activating group) is 1. The Morgan fingerprint density at radius 1 is 1.13 bits per heavy atom. The third kappa shape index (κ3) is 3.36. The van der Waals surface area contributed by atoms with Gasteiger partial charge in [0.1, 0.15) is 0 Å². The van der Waals surface area contributed by atoms with Crippen molar-refractivity contribution in [1.82, 2.24) is 14.7 Å². The molecule has 0 N–H and O–H groups in total. The van der Waals surface area contributed by atoms with Gasteiger partial charge in [0.05, 0.1) is 5.69 Å². The van der Waals surface area contributed by atoms with Gasteiger partial charge < -0.3 is 4.90 Å². The Bertz CT molecular complexity index is 809. The summed E-state index contributed by atoms with van der Waals surface area (Å²) in [6.07, 6.45) is 0. The summed E-state index contributed by atoms with van der Waals surface area (Å²) in [5.41, 5.74) is 1.89. The number of nitrogens with zero attached hydrogens (tertiary/aromatic N) is 3. The van der Waals surface area contributed by atoms with E-state index >= 15 is 0 Å². The number of aryl methyl sites for hydroxylation is 1. The van der Waals surface area contributed by atoms with E-state index in [-0.39, 0.29) is 0 Å². The van der Waals surface area contributed by atoms with Gasteiger partial charge in [0.2, 0.25) is 0 Å². The van der Waals surface area contributed by atoms with Crippen molar-refractivity contribution in [2.75, 3.05) is 14.1 Å². The fourth-order valence-electron chi connectivity index (χ4n) is 2.31. The van der Waals surface area contributed by atoms with Gasteiger partial charge in [-0.05, 0) is 25.5 Å². The number of aromatic nitrogens is 2. The molecule has 2 aromatic rings. The van der Waals surface area contributed by atoms with Crippen molar-refractivity contribution in [2.24, 2.45) is 0 Å². The van der Waals surface area contributed by atoms with Gasteiger partial charge in [-0.1, -0.05) is 24.3 Å². The predicted molar refractivity (Wildman–Crippen MR) is 87.1 cm³/mol. The van der Waals surface area contributed by atoms with Crippen LogP contribution in [0.5, 0.6) is 0 Å². The monoisotopic (exact) mass is 313 g/mol. The molecule has 0 fully saturated rings. The first-order chi connectivity index (χ1) is 10.8. The smallest absolute Gasteiger partial charge is 0.267 e. The molecule has 2 rings (SSSR count). The maximum Gasteiger partial charge on any atom is 0.267 e. The lowest BCUT2D eigenvalue weighted by atomic mass is 10.1. The Balaban J connectivity index is 2.61. The summed E-state index contributed by atoms with van der Waals surface area (Å²) in [6, 6.07) is 9.26. The molecule has 0 aliphatic carbocycles. The SMILES string of the molecule is CC(=O)C(C(=O)N(C)C)n1nc(-c2ccccc2C)ccc1=O. The standard InChI is InChI=1S/C17H19N3O3/c1-11-7-5-6-8-13(11)14-9-10-15(22)20(18-14)16(12(2)21)17(23)19(3)4/h5-10,16H,1-4H3. The van der Waals surface area contributed by atoms with Crippen molar-refractivity contribution in [2.45, 2.75) is 19.9 Å². The van der Waals surface area contributed by atoms with Crippen molar-refractivity contribution in [3.8, 4) is 11.3 Å². The minimum absolute atomic E-state index is 0.430. The quantitative estimate of drug-likeness (QED) is 0.801. The Labute approximate surface area is 134 Å². The van der Waals surface area contributed by atoms with Crippen molar-refractivity contribution in [3.63, 3.8) is 0 Å². The van der Waals surface area contributed by atoms with Crippen molar-refractivity contribution in [1.29, 1.82) is 0 Å². The van der Waals surface area contributed by atoms with E-state index in [1.807, 2.05) is 31.2 Å². The lowest BCUT2D eigenvalue weighted by Crippen LogP contribution is -2.41. The highest BCUT2D eigenvalue weighted by Crippen LogP contribution is 2.20. The van der Waals surface area contributed by atoms with Crippen LogP contribution in [0.4, 0.5) is 0 Å². The normalized spacial score (nSPS) is 11.8. The van der Waals surface area contributed by atoms with Gasteiger partial charge in [-0.3, -0.25) is 14.4 Å². The van der Waals surface area contributed by atoms with E-state index < -0.39 is 23.3 Å². The molecule has 0 bridgehead atoms. The second-order valence-corrected chi connectivity index (χ2v) is 5.56. The minimum atomic E-state index is -1.25. The number of benzene rings is 1. The zero-order valence-electron chi connectivity index (χ0n) is 13.6. The summed E-state index contributed by atoms with van der Waals surface area (Å²) in [5.74, 6) is -0.908. The second kappa shape index (κ2) is 6.56. The molecule has 0 aliphatic heterocycles. The fraction of sp³-hybridized carbons (Fsp3) is 0.294. The van der Waals surface area contributed by atoms with Crippen LogP contribution in [0.3, 0.4) is 0 Å². The molecule has 0 spiro atoms. The number of carbonyl (C=O) groups excluding carboxylic acids is 2. The summed E-state index contributed by atoms with van der Waals surface area (Å²) in [6.45, 7) is 3.21. The summed E-state index contributed by atoms with van der Waals surface area (Å²) >= 11 is 0. The Hall–Kier alpha value is -2.76. The highest BCUT2D eigenvalue weighted by atomic mass is 16.2. The van der Waals surface area contributed by atoms with Crippen molar-refractivity contribution in [3.05, 3.63) is 52.3 Å². The van der Waals surface area contributed by atoms with Gasteiger partial charge in [0, 0.05) is 25.7 Å². The van der Waals surface area contributed by atoms with Crippen LogP contribution in [-0.2, 0) is 9.59 Å². The zero-order chi connectivity index (χ0) is 17.1. The Morgan fingerprint density at radius 3 is 2.35 bits per heavy atom. The van der Waals surface area contributed by atoms with Crippen LogP contribution in [0, 0.1) is 6.92 Å². The van der Waals surface area contributed by atoms with Crippen LogP contribution < -0.4 is 5.56 Å². The molecule has 1 heterocycles. The molecule has 0 saturated carbocycles. The zero-order valence-corrected chi connectivity index (χ0v) is 13.6. The maximum atomic E-state index is 12.3. The second-order valence-electron chi connectivity index (χ2n) is 5.56. The Morgan fingerprint density at radius 2 is 1.78 bits per heavy atom. The largest absolute Gasteiger partial charge is 0.347 e. The number of hydrogen-bond acceptors (Lipinski definition) is 4. The van der Waals surface area contributed by atoms with Crippen LogP contribution >= 0.6 is 0 Å². The van der Waals surface area contributed by atoms with Crippen LogP contribution in [0.2, 0.25) is 0 Å². The molecule has 0 aliphatic rings. The van der Waals surface area contributed by atoms with Gasteiger partial charge in [0.25, 0.3) is 11.5 Å². The van der Waals surface area contributed by atoms with Crippen molar-refractivity contribution >= 4 is 11.7 Å². The van der Waals surface area contributed by atoms with E-state index in [1.54, 1.807) is 6.07 Å². The number of hydrogen-bond donors (Lipinski definition) is 0. The Kier molecular flexibility index (Phi) is 4.74. The van der Waals surface area contributed by atoms with Gasteiger partial charge in [-0.15, -0.1) is 0 Å². The molecule has 6 nitrogen and oxygen atoms in total. The van der Waals surface area contributed by atoms with E-state index in [0.717, 1.165) is 15.8 Å². The topological polar surface area (TPSA) is 72.3 Å². The van der Waals surface area contributed by atoms with Crippen LogP contribution in [-0.4, -0.2) is 40.5 Å². The lowest BCUT2D eigenvalue weighted by molar-refractivity contribution is -0.138. The minimum Gasteiger partial charge on any atom is -0.347 e. The third-order valence-electron chi connectivity index (χ3n) is 3.55. The molecule has 23 heavy (non-hydrogen) atoms. The number of Topliss-reactive ketones (excluding diaryl/α,β-unsaturated/α-hetero) is 1. The molecule has 1 aromatic heterocycles. The third-order valence-corrected chi connectivity index (χ3v) is 3.55. The predicted octanol–water partition coefficient (Wildman–Crippen LogP) is 1.44. The maximum absolute atomic E-state index is 12.3. The van der Waals surface area contributed by atoms with E-state index in [9.17, 15) is 14.4 Å². The van der Waals surface area contributed by atoms with Crippen LogP contribution in [0.15, 0.2) is 41.2 Å². The van der Waals surface area contributed by atoms with Gasteiger partial charge in [-0.25, -0.2) is 4.68 Å². The highest BCUT2D eigenvalue weighted by Gasteiger charge is 2.29. The van der Waals surface area contributed by atoms with Gasteiger partial charge in [0.15, 0.2) is 11.8 Å². The molecule has 1 amide bonds. The number of amides is 1. The van der Waals surface area contributed by atoms with Crippen molar-refractivity contribution < 1.29 is 9.59 Å². The fourth-order valence-corrected chi connectivity index (χ4v) is 2.31. The molecule has 0 radical (unpaired) electrons. The molecule has 120 valence electrons. The summed E-state index contributed by atoms with van der Waals surface area (Å²) in [5, 5.41) is 4.26. The van der Waals surface area contributed by atoms with E-state index in [4.69, 9.17) is 0 Å². The average molecular weight is 313 g/mol. The summed E-state index contributed by atoms with van der Waals surface area (Å²) in [7, 11) is 3.07. The first-order valence-corrected chi connectivity index (χ1v) is 7.20. The highest BCUT2D eigenvalue weighted by molar-refractivity contribution is 6.02. The summed E-state index contributed by atoms with van der Waals surface area (Å²) in [4.78, 5) is 37.6. The average Bonchev–Trinajstić information content (AvgIpc) is 2.49.